The quantitative estimate of drug-likeness (QED) is 0.512. The summed E-state index contributed by atoms with van der Waals surface area (Å²) in [4.78, 5) is -0.195. The molecular formula is C14H13NO3S. The molecule has 19 heavy (non-hydrogen) atoms. The summed E-state index contributed by atoms with van der Waals surface area (Å²) in [5.41, 5.74) is 7.13. The SMILES string of the molecule is Nc1ccc(C=Cc2ccccc2)c(S(=O)(=O)O)c1. The zero-order chi connectivity index (χ0) is 13.9. The van der Waals surface area contributed by atoms with Crippen molar-refractivity contribution in [2.75, 3.05) is 5.73 Å². The van der Waals surface area contributed by atoms with Gasteiger partial charge in [-0.25, -0.2) is 0 Å². The van der Waals surface area contributed by atoms with Gasteiger partial charge in [-0.15, -0.1) is 0 Å². The van der Waals surface area contributed by atoms with E-state index < -0.39 is 10.1 Å². The fourth-order valence-electron chi connectivity index (χ4n) is 1.66. The molecule has 2 rings (SSSR count). The second kappa shape index (κ2) is 5.26. The predicted octanol–water partition coefficient (Wildman–Crippen LogP) is 2.69. The highest BCUT2D eigenvalue weighted by molar-refractivity contribution is 7.86. The van der Waals surface area contributed by atoms with Crippen LogP contribution in [0.25, 0.3) is 12.2 Å². The molecule has 0 unspecified atom stereocenters. The molecule has 4 nitrogen and oxygen atoms in total. The summed E-state index contributed by atoms with van der Waals surface area (Å²) in [5, 5.41) is 0. The highest BCUT2D eigenvalue weighted by Crippen LogP contribution is 2.21. The number of benzene rings is 2. The van der Waals surface area contributed by atoms with Crippen LogP contribution in [0.5, 0.6) is 0 Å². The first-order chi connectivity index (χ1) is 8.97. The summed E-state index contributed by atoms with van der Waals surface area (Å²) in [6.07, 6.45) is 3.39. The molecule has 0 radical (unpaired) electrons. The van der Waals surface area contributed by atoms with E-state index in [1.54, 1.807) is 24.3 Å². The van der Waals surface area contributed by atoms with Crippen molar-refractivity contribution < 1.29 is 13.0 Å². The highest BCUT2D eigenvalue weighted by atomic mass is 32.2. The normalized spacial score (nSPS) is 11.8. The third kappa shape index (κ3) is 3.43. The van der Waals surface area contributed by atoms with E-state index in [-0.39, 0.29) is 10.6 Å². The number of nitrogens with two attached hydrogens (primary N) is 1. The van der Waals surface area contributed by atoms with Crippen LogP contribution < -0.4 is 5.73 Å². The lowest BCUT2D eigenvalue weighted by atomic mass is 10.1. The number of anilines is 1. The third-order valence-electron chi connectivity index (χ3n) is 2.57. The molecule has 0 aliphatic carbocycles. The van der Waals surface area contributed by atoms with Crippen LogP contribution >= 0.6 is 0 Å². The van der Waals surface area contributed by atoms with Gasteiger partial charge in [0.15, 0.2) is 0 Å². The minimum atomic E-state index is -4.29. The lowest BCUT2D eigenvalue weighted by Gasteiger charge is -2.04. The maximum atomic E-state index is 11.3. The number of nitrogen functional groups attached to an aromatic ring is 1. The van der Waals surface area contributed by atoms with Crippen molar-refractivity contribution in [3.05, 3.63) is 59.7 Å². The van der Waals surface area contributed by atoms with Crippen LogP contribution in [0, 0.1) is 0 Å². The van der Waals surface area contributed by atoms with Gasteiger partial charge in [-0.2, -0.15) is 8.42 Å². The van der Waals surface area contributed by atoms with Crippen molar-refractivity contribution in [2.24, 2.45) is 0 Å². The van der Waals surface area contributed by atoms with Crippen molar-refractivity contribution in [1.82, 2.24) is 0 Å². The van der Waals surface area contributed by atoms with Crippen molar-refractivity contribution >= 4 is 28.0 Å². The van der Waals surface area contributed by atoms with E-state index in [9.17, 15) is 13.0 Å². The van der Waals surface area contributed by atoms with E-state index in [0.29, 0.717) is 5.56 Å². The minimum Gasteiger partial charge on any atom is -0.399 e. The van der Waals surface area contributed by atoms with E-state index in [1.165, 1.54) is 6.07 Å². The molecule has 0 bridgehead atoms. The van der Waals surface area contributed by atoms with Gasteiger partial charge in [0.25, 0.3) is 10.1 Å². The van der Waals surface area contributed by atoms with Crippen LogP contribution in [0.3, 0.4) is 0 Å². The molecule has 0 fully saturated rings. The van der Waals surface area contributed by atoms with Crippen LogP contribution in [0.2, 0.25) is 0 Å². The zero-order valence-corrected chi connectivity index (χ0v) is 10.8. The van der Waals surface area contributed by atoms with Gasteiger partial charge >= 0.3 is 0 Å². The Balaban J connectivity index is 2.44. The Hall–Kier alpha value is -2.11. The Morgan fingerprint density at radius 3 is 2.32 bits per heavy atom. The predicted molar refractivity (Wildman–Crippen MR) is 76.0 cm³/mol. The maximum Gasteiger partial charge on any atom is 0.295 e. The monoisotopic (exact) mass is 275 g/mol. The highest BCUT2D eigenvalue weighted by Gasteiger charge is 2.13. The fourth-order valence-corrected chi connectivity index (χ4v) is 2.38. The van der Waals surface area contributed by atoms with Gasteiger partial charge in [-0.3, -0.25) is 4.55 Å². The van der Waals surface area contributed by atoms with Crippen molar-refractivity contribution in [2.45, 2.75) is 4.90 Å². The largest absolute Gasteiger partial charge is 0.399 e. The number of hydrogen-bond acceptors (Lipinski definition) is 3. The fraction of sp³-hybridized carbons (Fsp3) is 0. The standard InChI is InChI=1S/C14H13NO3S/c15-13-9-8-12(14(10-13)19(16,17)18)7-6-11-4-2-1-3-5-11/h1-10H,15H2,(H,16,17,18). The summed E-state index contributed by atoms with van der Waals surface area (Å²) >= 11 is 0. The first kappa shape index (κ1) is 13.3. The van der Waals surface area contributed by atoms with E-state index >= 15 is 0 Å². The van der Waals surface area contributed by atoms with E-state index in [1.807, 2.05) is 30.3 Å². The Kier molecular flexibility index (Phi) is 3.69. The summed E-state index contributed by atoms with van der Waals surface area (Å²) in [5.74, 6) is 0. The maximum absolute atomic E-state index is 11.3. The van der Waals surface area contributed by atoms with Gasteiger partial charge in [-0.1, -0.05) is 48.6 Å². The van der Waals surface area contributed by atoms with Gasteiger partial charge in [0, 0.05) is 5.69 Å². The van der Waals surface area contributed by atoms with Crippen LogP contribution in [-0.4, -0.2) is 13.0 Å². The first-order valence-electron chi connectivity index (χ1n) is 5.57. The van der Waals surface area contributed by atoms with E-state index in [0.717, 1.165) is 5.56 Å². The second-order valence-electron chi connectivity index (χ2n) is 4.02. The molecule has 0 aliphatic rings. The Morgan fingerprint density at radius 2 is 1.68 bits per heavy atom. The van der Waals surface area contributed by atoms with Gasteiger partial charge in [0.2, 0.25) is 0 Å². The Morgan fingerprint density at radius 1 is 1.00 bits per heavy atom. The van der Waals surface area contributed by atoms with Crippen molar-refractivity contribution in [3.8, 4) is 0 Å². The summed E-state index contributed by atoms with van der Waals surface area (Å²) < 4.78 is 31.7. The summed E-state index contributed by atoms with van der Waals surface area (Å²) in [6, 6.07) is 13.8. The summed E-state index contributed by atoms with van der Waals surface area (Å²) in [7, 11) is -4.29. The van der Waals surface area contributed by atoms with Gasteiger partial charge in [0.1, 0.15) is 4.90 Å². The molecule has 0 saturated heterocycles. The van der Waals surface area contributed by atoms with Crippen LogP contribution in [0.15, 0.2) is 53.4 Å². The van der Waals surface area contributed by atoms with Gasteiger partial charge < -0.3 is 5.73 Å². The molecule has 0 amide bonds. The third-order valence-corrected chi connectivity index (χ3v) is 3.48. The zero-order valence-electron chi connectivity index (χ0n) is 10.0. The minimum absolute atomic E-state index is 0.195. The van der Waals surface area contributed by atoms with Gasteiger partial charge in [0.05, 0.1) is 0 Å². The van der Waals surface area contributed by atoms with Crippen molar-refractivity contribution in [1.29, 1.82) is 0 Å². The Labute approximate surface area is 111 Å². The van der Waals surface area contributed by atoms with E-state index in [4.69, 9.17) is 5.73 Å². The molecule has 0 aromatic heterocycles. The molecular weight excluding hydrogens is 262 g/mol. The molecule has 2 aromatic rings. The van der Waals surface area contributed by atoms with Crippen LogP contribution in [0.1, 0.15) is 11.1 Å². The molecule has 98 valence electrons. The smallest absolute Gasteiger partial charge is 0.295 e. The molecule has 2 aromatic carbocycles. The lowest BCUT2D eigenvalue weighted by Crippen LogP contribution is -2.02. The van der Waals surface area contributed by atoms with Crippen LogP contribution in [0.4, 0.5) is 5.69 Å². The topological polar surface area (TPSA) is 80.4 Å². The van der Waals surface area contributed by atoms with Crippen LogP contribution in [-0.2, 0) is 10.1 Å². The molecule has 5 heteroatoms. The van der Waals surface area contributed by atoms with E-state index in [2.05, 4.69) is 0 Å². The number of rotatable bonds is 3. The molecule has 0 aliphatic heterocycles. The Bertz CT molecular complexity index is 707. The molecule has 3 N–H and O–H groups in total. The average molecular weight is 275 g/mol. The number of hydrogen-bond donors (Lipinski definition) is 2. The molecule has 0 atom stereocenters. The average Bonchev–Trinajstić information content (AvgIpc) is 2.37. The summed E-state index contributed by atoms with van der Waals surface area (Å²) in [6.45, 7) is 0. The molecule has 0 saturated carbocycles. The lowest BCUT2D eigenvalue weighted by molar-refractivity contribution is 0.483. The van der Waals surface area contributed by atoms with Crippen molar-refractivity contribution in [3.63, 3.8) is 0 Å². The first-order valence-corrected chi connectivity index (χ1v) is 7.01. The second-order valence-corrected chi connectivity index (χ2v) is 5.41. The van der Waals surface area contributed by atoms with Gasteiger partial charge in [-0.05, 0) is 23.3 Å². The molecule has 0 spiro atoms. The molecule has 0 heterocycles.